The van der Waals surface area contributed by atoms with Gasteiger partial charge in [-0.15, -0.1) is 0 Å². The molecule has 6 nitrogen and oxygen atoms in total. The number of guanidine groups is 1. The molecule has 1 aliphatic heterocycles. The second-order valence-electron chi connectivity index (χ2n) is 7.80. The minimum atomic E-state index is -0.207. The van der Waals surface area contributed by atoms with Crippen molar-refractivity contribution in [2.24, 2.45) is 4.99 Å². The maximum atomic E-state index is 13.5. The maximum absolute atomic E-state index is 13.5. The number of piperidine rings is 1. The summed E-state index contributed by atoms with van der Waals surface area (Å²) in [5.41, 5.74) is 3.12. The van der Waals surface area contributed by atoms with Gasteiger partial charge in [0.15, 0.2) is 5.96 Å². The predicted molar refractivity (Wildman–Crippen MR) is 121 cm³/mol. The Morgan fingerprint density at radius 2 is 2.10 bits per heavy atom. The molecule has 0 spiro atoms. The van der Waals surface area contributed by atoms with Crippen molar-refractivity contribution in [3.63, 3.8) is 0 Å². The molecular formula is C23H29FN6. The molecule has 1 fully saturated rings. The lowest BCUT2D eigenvalue weighted by Gasteiger charge is -2.34. The average molecular weight is 409 g/mol. The molecule has 0 amide bonds. The number of nitrogens with zero attached hydrogens (tertiary/aromatic N) is 3. The molecule has 0 saturated carbocycles. The number of fused-ring (bicyclic) bond motifs is 1. The van der Waals surface area contributed by atoms with E-state index in [4.69, 9.17) is 0 Å². The molecule has 1 saturated heterocycles. The van der Waals surface area contributed by atoms with Gasteiger partial charge in [-0.05, 0) is 62.1 Å². The van der Waals surface area contributed by atoms with Crippen molar-refractivity contribution in [1.82, 2.24) is 20.6 Å². The summed E-state index contributed by atoms with van der Waals surface area (Å²) in [5, 5.41) is 7.87. The van der Waals surface area contributed by atoms with Crippen molar-refractivity contribution in [2.45, 2.75) is 32.2 Å². The van der Waals surface area contributed by atoms with Gasteiger partial charge in [-0.25, -0.2) is 9.37 Å². The van der Waals surface area contributed by atoms with Crippen LogP contribution >= 0.6 is 0 Å². The number of nitrogens with one attached hydrogen (secondary N) is 3. The Hall–Kier alpha value is -3.09. The third-order valence-corrected chi connectivity index (χ3v) is 5.67. The summed E-state index contributed by atoms with van der Waals surface area (Å²) >= 11 is 0. The van der Waals surface area contributed by atoms with Gasteiger partial charge in [0.2, 0.25) is 0 Å². The Bertz CT molecular complexity index is 1020. The number of aliphatic imine (C=N–C) groups is 1. The topological polar surface area (TPSA) is 68.3 Å². The van der Waals surface area contributed by atoms with Crippen LogP contribution in [0.3, 0.4) is 0 Å². The van der Waals surface area contributed by atoms with Gasteiger partial charge in [-0.3, -0.25) is 4.99 Å². The molecule has 0 unspecified atom stereocenters. The lowest BCUT2D eigenvalue weighted by molar-refractivity contribution is 0.459. The fraction of sp³-hybridized carbons (Fsp3) is 0.391. The number of anilines is 1. The highest BCUT2D eigenvalue weighted by atomic mass is 19.1. The monoisotopic (exact) mass is 408 g/mol. The van der Waals surface area contributed by atoms with Crippen LogP contribution in [0.1, 0.15) is 24.1 Å². The number of aromatic amines is 1. The van der Waals surface area contributed by atoms with Crippen LogP contribution in [-0.2, 0) is 6.42 Å². The first-order valence-corrected chi connectivity index (χ1v) is 10.5. The van der Waals surface area contributed by atoms with E-state index in [1.807, 2.05) is 19.2 Å². The second-order valence-corrected chi connectivity index (χ2v) is 7.80. The fourth-order valence-corrected chi connectivity index (χ4v) is 4.02. The Morgan fingerprint density at radius 3 is 2.87 bits per heavy atom. The Kier molecular flexibility index (Phi) is 6.16. The van der Waals surface area contributed by atoms with Crippen LogP contribution in [0.5, 0.6) is 0 Å². The van der Waals surface area contributed by atoms with E-state index in [-0.39, 0.29) is 5.82 Å². The molecule has 3 N–H and O–H groups in total. The molecular weight excluding hydrogens is 379 g/mol. The van der Waals surface area contributed by atoms with Crippen LogP contribution in [0.15, 0.2) is 47.6 Å². The third-order valence-electron chi connectivity index (χ3n) is 5.67. The van der Waals surface area contributed by atoms with E-state index < -0.39 is 0 Å². The highest BCUT2D eigenvalue weighted by Crippen LogP contribution is 2.20. The van der Waals surface area contributed by atoms with Crippen molar-refractivity contribution in [3.8, 4) is 0 Å². The number of benzene rings is 1. The van der Waals surface area contributed by atoms with Crippen LogP contribution < -0.4 is 15.5 Å². The first-order valence-electron chi connectivity index (χ1n) is 10.5. The molecule has 2 aromatic heterocycles. The van der Waals surface area contributed by atoms with Crippen LogP contribution in [-0.4, -0.2) is 48.7 Å². The van der Waals surface area contributed by atoms with Crippen molar-refractivity contribution < 1.29 is 4.39 Å². The standard InChI is InChI=1S/C23H29FN6/c1-16-4-3-5-22(28-16)30-12-9-19(10-13-30)29-23(25-2)26-11-8-17-15-27-21-7-6-18(24)14-20(17)21/h3-7,14-15,19,27H,8-13H2,1-2H3,(H2,25,26,29). The first-order chi connectivity index (χ1) is 14.6. The minimum absolute atomic E-state index is 0.207. The summed E-state index contributed by atoms with van der Waals surface area (Å²) in [4.78, 5) is 14.6. The molecule has 0 aliphatic carbocycles. The van der Waals surface area contributed by atoms with Gasteiger partial charge in [0.25, 0.3) is 0 Å². The Labute approximate surface area is 176 Å². The summed E-state index contributed by atoms with van der Waals surface area (Å²) < 4.78 is 13.5. The fourth-order valence-electron chi connectivity index (χ4n) is 4.02. The van der Waals surface area contributed by atoms with Crippen LogP contribution in [0, 0.1) is 12.7 Å². The molecule has 1 aliphatic rings. The Balaban J connectivity index is 1.26. The highest BCUT2D eigenvalue weighted by molar-refractivity contribution is 5.83. The lowest BCUT2D eigenvalue weighted by Crippen LogP contribution is -2.49. The summed E-state index contributed by atoms with van der Waals surface area (Å²) in [6, 6.07) is 11.4. The molecule has 0 bridgehead atoms. The average Bonchev–Trinajstić information content (AvgIpc) is 3.15. The number of halogens is 1. The van der Waals surface area contributed by atoms with Gasteiger partial charge in [0.1, 0.15) is 11.6 Å². The smallest absolute Gasteiger partial charge is 0.191 e. The predicted octanol–water partition coefficient (Wildman–Crippen LogP) is 3.39. The SMILES string of the molecule is CN=C(NCCc1c[nH]c2ccc(F)cc12)NC1CCN(c2cccc(C)n2)CC1. The van der Waals surface area contributed by atoms with Gasteiger partial charge in [0.05, 0.1) is 0 Å². The van der Waals surface area contributed by atoms with Crippen LogP contribution in [0.2, 0.25) is 0 Å². The highest BCUT2D eigenvalue weighted by Gasteiger charge is 2.21. The third kappa shape index (κ3) is 4.72. The number of hydrogen-bond acceptors (Lipinski definition) is 3. The van der Waals surface area contributed by atoms with E-state index in [0.29, 0.717) is 6.04 Å². The van der Waals surface area contributed by atoms with Gasteiger partial charge >= 0.3 is 0 Å². The minimum Gasteiger partial charge on any atom is -0.361 e. The lowest BCUT2D eigenvalue weighted by atomic mass is 10.1. The van der Waals surface area contributed by atoms with Crippen LogP contribution in [0.4, 0.5) is 10.2 Å². The van der Waals surface area contributed by atoms with Gasteiger partial charge < -0.3 is 20.5 Å². The molecule has 7 heteroatoms. The summed E-state index contributed by atoms with van der Waals surface area (Å²) in [6.45, 7) is 4.72. The number of rotatable bonds is 5. The number of aryl methyl sites for hydroxylation is 1. The van der Waals surface area contributed by atoms with Crippen molar-refractivity contribution in [1.29, 1.82) is 0 Å². The molecule has 1 aromatic carbocycles. The summed E-state index contributed by atoms with van der Waals surface area (Å²) in [6.07, 6.45) is 4.83. The normalized spacial score (nSPS) is 15.6. The van der Waals surface area contributed by atoms with E-state index >= 15 is 0 Å². The summed E-state index contributed by atoms with van der Waals surface area (Å²) in [7, 11) is 1.79. The van der Waals surface area contributed by atoms with Crippen molar-refractivity contribution >= 4 is 22.7 Å². The molecule has 3 aromatic rings. The van der Waals surface area contributed by atoms with Crippen molar-refractivity contribution in [2.75, 3.05) is 31.6 Å². The zero-order valence-corrected chi connectivity index (χ0v) is 17.6. The first kappa shape index (κ1) is 20.2. The number of aromatic nitrogens is 2. The van der Waals surface area contributed by atoms with E-state index in [1.165, 1.54) is 6.07 Å². The zero-order valence-electron chi connectivity index (χ0n) is 17.6. The number of hydrogen-bond donors (Lipinski definition) is 3. The van der Waals surface area contributed by atoms with E-state index in [9.17, 15) is 4.39 Å². The van der Waals surface area contributed by atoms with E-state index in [0.717, 1.165) is 72.8 Å². The maximum Gasteiger partial charge on any atom is 0.191 e. The largest absolute Gasteiger partial charge is 0.361 e. The summed E-state index contributed by atoms with van der Waals surface area (Å²) in [5.74, 6) is 1.67. The van der Waals surface area contributed by atoms with Gasteiger partial charge in [-0.1, -0.05) is 6.07 Å². The quantitative estimate of drug-likeness (QED) is 0.447. The van der Waals surface area contributed by atoms with E-state index in [1.54, 1.807) is 19.2 Å². The molecule has 158 valence electrons. The Morgan fingerprint density at radius 1 is 1.27 bits per heavy atom. The number of H-pyrrole nitrogens is 1. The molecule has 0 radical (unpaired) electrons. The van der Waals surface area contributed by atoms with Gasteiger partial charge in [0, 0.05) is 55.5 Å². The van der Waals surface area contributed by atoms with Gasteiger partial charge in [-0.2, -0.15) is 0 Å². The molecule has 30 heavy (non-hydrogen) atoms. The van der Waals surface area contributed by atoms with Crippen LogP contribution in [0.25, 0.3) is 10.9 Å². The molecule has 4 rings (SSSR count). The number of pyridine rings is 1. The molecule has 3 heterocycles. The van der Waals surface area contributed by atoms with Crippen molar-refractivity contribution in [3.05, 3.63) is 59.7 Å². The second kappa shape index (κ2) is 9.15. The molecule has 0 atom stereocenters. The van der Waals surface area contributed by atoms with E-state index in [2.05, 4.69) is 42.6 Å². The zero-order chi connectivity index (χ0) is 20.9.